The van der Waals surface area contributed by atoms with E-state index >= 15 is 0 Å². The van der Waals surface area contributed by atoms with Gasteiger partial charge in [-0.2, -0.15) is 5.26 Å². The van der Waals surface area contributed by atoms with Crippen LogP contribution in [0, 0.1) is 23.0 Å². The molecule has 0 heterocycles. The van der Waals surface area contributed by atoms with Crippen LogP contribution < -0.4 is 4.90 Å². The number of Topliss-reactive ketones (excluding diaryl/α,β-unsaturated/α-hetero) is 1. The zero-order valence-electron chi connectivity index (χ0n) is 15.6. The smallest absolute Gasteiger partial charge is 0.349 e. The van der Waals surface area contributed by atoms with Crippen LogP contribution in [0.3, 0.4) is 0 Å². The minimum absolute atomic E-state index is 0.138. The van der Waals surface area contributed by atoms with E-state index in [0.717, 1.165) is 23.9 Å². The highest BCUT2D eigenvalue weighted by Crippen LogP contribution is 2.16. The highest BCUT2D eigenvalue weighted by atomic mass is 19.2. The summed E-state index contributed by atoms with van der Waals surface area (Å²) in [6, 6.07) is 11.5. The lowest BCUT2D eigenvalue weighted by atomic mass is 10.1. The molecular weight excluding hydrogens is 366 g/mol. The number of ether oxygens (including phenoxy) is 1. The van der Waals surface area contributed by atoms with E-state index in [-0.39, 0.29) is 11.1 Å². The van der Waals surface area contributed by atoms with E-state index in [1.54, 1.807) is 18.2 Å². The SMILES string of the molecule is C[C@@H](OC(=O)/C(C#N)=C/c1ccc(N(C)C)cc1)C(=O)c1ccc(F)c(F)c1. The predicted octanol–water partition coefficient (Wildman–Crippen LogP) is 3.75. The molecule has 0 saturated carbocycles. The Balaban J connectivity index is 2.13. The van der Waals surface area contributed by atoms with Crippen LogP contribution >= 0.6 is 0 Å². The monoisotopic (exact) mass is 384 g/mol. The van der Waals surface area contributed by atoms with E-state index in [0.29, 0.717) is 5.56 Å². The molecule has 1 atom stereocenters. The van der Waals surface area contributed by atoms with Crippen LogP contribution in [0.15, 0.2) is 48.0 Å². The van der Waals surface area contributed by atoms with Crippen LogP contribution in [0.5, 0.6) is 0 Å². The molecule has 5 nitrogen and oxygen atoms in total. The van der Waals surface area contributed by atoms with Crippen LogP contribution in [-0.4, -0.2) is 32.0 Å². The van der Waals surface area contributed by atoms with Crippen molar-refractivity contribution in [1.82, 2.24) is 0 Å². The summed E-state index contributed by atoms with van der Waals surface area (Å²) in [4.78, 5) is 26.4. The molecule has 0 bridgehead atoms. The molecule has 0 aliphatic rings. The summed E-state index contributed by atoms with van der Waals surface area (Å²) in [6.45, 7) is 1.29. The third kappa shape index (κ3) is 5.01. The van der Waals surface area contributed by atoms with Crippen molar-refractivity contribution in [3.8, 4) is 6.07 Å². The second-order valence-corrected chi connectivity index (χ2v) is 6.20. The summed E-state index contributed by atoms with van der Waals surface area (Å²) >= 11 is 0. The van der Waals surface area contributed by atoms with Crippen molar-refractivity contribution < 1.29 is 23.1 Å². The Hall–Kier alpha value is -3.53. The number of carbonyl (C=O) groups is 2. The van der Waals surface area contributed by atoms with Crippen LogP contribution in [0.4, 0.5) is 14.5 Å². The minimum atomic E-state index is -1.27. The number of halogens is 2. The van der Waals surface area contributed by atoms with Gasteiger partial charge in [0.05, 0.1) is 0 Å². The molecule has 144 valence electrons. The maximum Gasteiger partial charge on any atom is 0.349 e. The number of anilines is 1. The number of hydrogen-bond donors (Lipinski definition) is 0. The molecule has 0 aliphatic carbocycles. The van der Waals surface area contributed by atoms with Gasteiger partial charge in [-0.1, -0.05) is 12.1 Å². The molecule has 0 amide bonds. The Morgan fingerprint density at radius 1 is 1.11 bits per heavy atom. The Morgan fingerprint density at radius 2 is 1.75 bits per heavy atom. The van der Waals surface area contributed by atoms with Crippen molar-refractivity contribution in [2.24, 2.45) is 0 Å². The van der Waals surface area contributed by atoms with Gasteiger partial charge >= 0.3 is 5.97 Å². The quantitative estimate of drug-likeness (QED) is 0.328. The lowest BCUT2D eigenvalue weighted by Gasteiger charge is -2.13. The first-order valence-electron chi connectivity index (χ1n) is 8.32. The number of benzene rings is 2. The lowest BCUT2D eigenvalue weighted by molar-refractivity contribution is -0.141. The van der Waals surface area contributed by atoms with Crippen LogP contribution in [-0.2, 0) is 9.53 Å². The summed E-state index contributed by atoms with van der Waals surface area (Å²) in [6.07, 6.45) is 0.0708. The molecule has 7 heteroatoms. The second-order valence-electron chi connectivity index (χ2n) is 6.20. The molecule has 0 aliphatic heterocycles. The van der Waals surface area contributed by atoms with E-state index in [4.69, 9.17) is 4.74 Å². The van der Waals surface area contributed by atoms with Gasteiger partial charge in [0.2, 0.25) is 5.78 Å². The Morgan fingerprint density at radius 3 is 2.29 bits per heavy atom. The maximum absolute atomic E-state index is 13.3. The topological polar surface area (TPSA) is 70.4 Å². The van der Waals surface area contributed by atoms with Gasteiger partial charge in [0.15, 0.2) is 17.7 Å². The largest absolute Gasteiger partial charge is 0.450 e. The molecule has 0 radical (unpaired) electrons. The molecule has 2 rings (SSSR count). The van der Waals surface area contributed by atoms with Gasteiger partial charge in [-0.05, 0) is 48.9 Å². The molecule has 2 aromatic rings. The number of nitriles is 1. The van der Waals surface area contributed by atoms with E-state index in [1.807, 2.05) is 31.1 Å². The average molecular weight is 384 g/mol. The standard InChI is InChI=1S/C21H18F2N2O3/c1-13(20(26)15-6-9-18(22)19(23)11-15)28-21(27)16(12-24)10-14-4-7-17(8-5-14)25(2)3/h4-11,13H,1-3H3/b16-10+/t13-/m1/s1. The fourth-order valence-corrected chi connectivity index (χ4v) is 2.33. The molecule has 2 aromatic carbocycles. The van der Waals surface area contributed by atoms with Gasteiger partial charge in [0.1, 0.15) is 11.6 Å². The number of nitrogens with zero attached hydrogens (tertiary/aromatic N) is 2. The van der Waals surface area contributed by atoms with Crippen molar-refractivity contribution in [1.29, 1.82) is 5.26 Å². The third-order valence-corrected chi connectivity index (χ3v) is 3.92. The van der Waals surface area contributed by atoms with Crippen LogP contribution in [0.25, 0.3) is 6.08 Å². The van der Waals surface area contributed by atoms with Gasteiger partial charge in [-0.25, -0.2) is 13.6 Å². The summed E-state index contributed by atoms with van der Waals surface area (Å²) in [5, 5.41) is 9.23. The molecule has 0 fully saturated rings. The fraction of sp³-hybridized carbons (Fsp3) is 0.190. The molecule has 28 heavy (non-hydrogen) atoms. The zero-order chi connectivity index (χ0) is 20.8. The van der Waals surface area contributed by atoms with E-state index in [2.05, 4.69) is 0 Å². The van der Waals surface area contributed by atoms with Gasteiger partial charge < -0.3 is 9.64 Å². The Bertz CT molecular complexity index is 961. The van der Waals surface area contributed by atoms with Gasteiger partial charge in [-0.3, -0.25) is 4.79 Å². The zero-order valence-corrected chi connectivity index (χ0v) is 15.6. The first-order valence-corrected chi connectivity index (χ1v) is 8.32. The van der Waals surface area contributed by atoms with Crippen molar-refractivity contribution in [2.45, 2.75) is 13.0 Å². The first kappa shape index (κ1) is 20.8. The van der Waals surface area contributed by atoms with Crippen molar-refractivity contribution >= 4 is 23.5 Å². The molecule has 0 spiro atoms. The average Bonchev–Trinajstić information content (AvgIpc) is 2.67. The highest BCUT2D eigenvalue weighted by molar-refractivity contribution is 6.03. The Kier molecular flexibility index (Phi) is 6.61. The number of carbonyl (C=O) groups excluding carboxylic acids is 2. The summed E-state index contributed by atoms with van der Waals surface area (Å²) in [5.41, 5.74) is 1.13. The number of esters is 1. The summed E-state index contributed by atoms with van der Waals surface area (Å²) in [7, 11) is 3.77. The number of hydrogen-bond acceptors (Lipinski definition) is 5. The van der Waals surface area contributed by atoms with Crippen LogP contribution in [0.1, 0.15) is 22.8 Å². The van der Waals surface area contributed by atoms with E-state index in [1.165, 1.54) is 13.0 Å². The van der Waals surface area contributed by atoms with Gasteiger partial charge in [-0.15, -0.1) is 0 Å². The van der Waals surface area contributed by atoms with E-state index in [9.17, 15) is 23.6 Å². The van der Waals surface area contributed by atoms with Crippen molar-refractivity contribution in [3.63, 3.8) is 0 Å². The minimum Gasteiger partial charge on any atom is -0.450 e. The Labute approximate surface area is 161 Å². The second kappa shape index (κ2) is 8.91. The van der Waals surface area contributed by atoms with Crippen LogP contribution in [0.2, 0.25) is 0 Å². The lowest BCUT2D eigenvalue weighted by Crippen LogP contribution is -2.25. The van der Waals surface area contributed by atoms with Crippen molar-refractivity contribution in [3.05, 3.63) is 70.8 Å². The molecule has 0 N–H and O–H groups in total. The molecule has 0 unspecified atom stereocenters. The fourth-order valence-electron chi connectivity index (χ4n) is 2.33. The summed E-state index contributed by atoms with van der Waals surface area (Å²) < 4.78 is 31.3. The highest BCUT2D eigenvalue weighted by Gasteiger charge is 2.22. The summed E-state index contributed by atoms with van der Waals surface area (Å²) in [5.74, 6) is -3.96. The van der Waals surface area contributed by atoms with Crippen molar-refractivity contribution in [2.75, 3.05) is 19.0 Å². The number of ketones is 1. The first-order chi connectivity index (χ1) is 13.2. The van der Waals surface area contributed by atoms with Gasteiger partial charge in [0, 0.05) is 25.3 Å². The third-order valence-electron chi connectivity index (χ3n) is 3.92. The normalized spacial score (nSPS) is 12.1. The van der Waals surface area contributed by atoms with E-state index < -0.39 is 29.5 Å². The predicted molar refractivity (Wildman–Crippen MR) is 101 cm³/mol. The molecule has 0 aromatic heterocycles. The maximum atomic E-state index is 13.3. The molecule has 0 saturated heterocycles. The molecular formula is C21H18F2N2O3. The van der Waals surface area contributed by atoms with Gasteiger partial charge in [0.25, 0.3) is 0 Å². The number of rotatable bonds is 6.